The largest absolute Gasteiger partial charge is 0.444 e. The molecule has 0 unspecified atom stereocenters. The SMILES string of the molecule is CCCN(CCNC(=NC)N1CCN(Cc2cc(C)on2)CC1)C(=O)OC(C)(C)C. The first-order valence-corrected chi connectivity index (χ1v) is 10.8. The van der Waals surface area contributed by atoms with Crippen LogP contribution in [0.1, 0.15) is 45.6 Å². The number of hydrogen-bond donors (Lipinski definition) is 1. The maximum Gasteiger partial charge on any atom is 0.410 e. The van der Waals surface area contributed by atoms with Gasteiger partial charge in [-0.25, -0.2) is 4.79 Å². The van der Waals surface area contributed by atoms with E-state index in [-0.39, 0.29) is 6.09 Å². The smallest absolute Gasteiger partial charge is 0.410 e. The van der Waals surface area contributed by atoms with Crippen molar-refractivity contribution in [2.75, 3.05) is 52.9 Å². The normalized spacial score (nSPS) is 15.9. The molecule has 9 nitrogen and oxygen atoms in total. The number of hydrogen-bond acceptors (Lipinski definition) is 6. The Hall–Kier alpha value is -2.29. The minimum Gasteiger partial charge on any atom is -0.444 e. The van der Waals surface area contributed by atoms with E-state index in [0.29, 0.717) is 19.6 Å². The minimum atomic E-state index is -0.489. The van der Waals surface area contributed by atoms with Crippen LogP contribution >= 0.6 is 0 Å². The fraction of sp³-hybridized carbons (Fsp3) is 0.762. The fourth-order valence-electron chi connectivity index (χ4n) is 3.37. The first-order valence-electron chi connectivity index (χ1n) is 10.8. The van der Waals surface area contributed by atoms with Gasteiger partial charge in [-0.3, -0.25) is 9.89 Å². The van der Waals surface area contributed by atoms with Crippen LogP contribution in [0.25, 0.3) is 0 Å². The van der Waals surface area contributed by atoms with Crippen molar-refractivity contribution < 1.29 is 14.1 Å². The Morgan fingerprint density at radius 1 is 1.30 bits per heavy atom. The Balaban J connectivity index is 1.77. The molecule has 1 aliphatic heterocycles. The number of nitrogens with zero attached hydrogens (tertiary/aromatic N) is 5. The first kappa shape index (κ1) is 24.0. The van der Waals surface area contributed by atoms with Crippen molar-refractivity contribution in [1.29, 1.82) is 0 Å². The average Bonchev–Trinajstić information content (AvgIpc) is 3.08. The van der Waals surface area contributed by atoms with E-state index in [1.807, 2.05) is 33.8 Å². The van der Waals surface area contributed by atoms with Crippen LogP contribution in [-0.4, -0.2) is 90.4 Å². The van der Waals surface area contributed by atoms with Crippen LogP contribution in [0.2, 0.25) is 0 Å². The lowest BCUT2D eigenvalue weighted by Crippen LogP contribution is -2.53. The molecule has 0 atom stereocenters. The number of piperazine rings is 1. The number of nitrogens with one attached hydrogen (secondary N) is 1. The third-order valence-corrected chi connectivity index (χ3v) is 4.76. The number of aryl methyl sites for hydroxylation is 1. The zero-order valence-corrected chi connectivity index (χ0v) is 19.4. The molecule has 0 saturated carbocycles. The van der Waals surface area contributed by atoms with Gasteiger partial charge in [-0.1, -0.05) is 12.1 Å². The van der Waals surface area contributed by atoms with Gasteiger partial charge in [-0.2, -0.15) is 0 Å². The standard InChI is InChI=1S/C21H38N6O3/c1-7-9-27(20(28)29-21(3,4)5)10-8-23-19(22-6)26-13-11-25(12-14-26)16-18-15-17(2)30-24-18/h15H,7-14,16H2,1-6H3,(H,22,23). The Labute approximate surface area is 180 Å². The second-order valence-corrected chi connectivity index (χ2v) is 8.63. The molecule has 1 fully saturated rings. The summed E-state index contributed by atoms with van der Waals surface area (Å²) in [5.74, 6) is 1.71. The van der Waals surface area contributed by atoms with Gasteiger partial charge >= 0.3 is 6.09 Å². The van der Waals surface area contributed by atoms with Gasteiger partial charge in [0.15, 0.2) is 5.96 Å². The molecule has 0 spiro atoms. The van der Waals surface area contributed by atoms with Crippen LogP contribution in [0.3, 0.4) is 0 Å². The zero-order chi connectivity index (χ0) is 22.1. The van der Waals surface area contributed by atoms with E-state index in [9.17, 15) is 4.79 Å². The summed E-state index contributed by atoms with van der Waals surface area (Å²) in [6.07, 6.45) is 0.624. The molecule has 0 aromatic carbocycles. The quantitative estimate of drug-likeness (QED) is 0.533. The third-order valence-electron chi connectivity index (χ3n) is 4.76. The predicted molar refractivity (Wildman–Crippen MR) is 118 cm³/mol. The molecule has 0 aliphatic carbocycles. The van der Waals surface area contributed by atoms with Crippen LogP contribution in [-0.2, 0) is 11.3 Å². The van der Waals surface area contributed by atoms with Gasteiger partial charge in [-0.15, -0.1) is 0 Å². The highest BCUT2D eigenvalue weighted by atomic mass is 16.6. The van der Waals surface area contributed by atoms with Gasteiger partial charge in [-0.05, 0) is 34.1 Å². The molecule has 9 heteroatoms. The Bertz CT molecular complexity index is 689. The summed E-state index contributed by atoms with van der Waals surface area (Å²) in [6, 6.07) is 1.99. The highest BCUT2D eigenvalue weighted by Crippen LogP contribution is 2.11. The van der Waals surface area contributed by atoms with E-state index in [4.69, 9.17) is 9.26 Å². The van der Waals surface area contributed by atoms with Crippen LogP contribution < -0.4 is 5.32 Å². The fourth-order valence-corrected chi connectivity index (χ4v) is 3.37. The van der Waals surface area contributed by atoms with Gasteiger partial charge in [0.2, 0.25) is 0 Å². The number of guanidine groups is 1. The maximum absolute atomic E-state index is 12.4. The van der Waals surface area contributed by atoms with Crippen molar-refractivity contribution in [2.24, 2.45) is 4.99 Å². The number of aromatic nitrogens is 1. The number of carbonyl (C=O) groups excluding carboxylic acids is 1. The summed E-state index contributed by atoms with van der Waals surface area (Å²) in [4.78, 5) is 23.2. The van der Waals surface area contributed by atoms with E-state index in [2.05, 4.69) is 32.2 Å². The Morgan fingerprint density at radius 2 is 2.00 bits per heavy atom. The summed E-state index contributed by atoms with van der Waals surface area (Å²) >= 11 is 0. The summed E-state index contributed by atoms with van der Waals surface area (Å²) in [6.45, 7) is 16.0. The lowest BCUT2D eigenvalue weighted by atomic mass is 10.2. The first-order chi connectivity index (χ1) is 14.2. The second-order valence-electron chi connectivity index (χ2n) is 8.63. The van der Waals surface area contributed by atoms with E-state index in [1.54, 1.807) is 11.9 Å². The molecule has 30 heavy (non-hydrogen) atoms. The van der Waals surface area contributed by atoms with E-state index >= 15 is 0 Å². The van der Waals surface area contributed by atoms with Crippen LogP contribution in [0.4, 0.5) is 4.79 Å². The summed E-state index contributed by atoms with van der Waals surface area (Å²) < 4.78 is 10.7. The minimum absolute atomic E-state index is 0.266. The number of aliphatic imine (C=N–C) groups is 1. The summed E-state index contributed by atoms with van der Waals surface area (Å²) in [7, 11) is 1.80. The lowest BCUT2D eigenvalue weighted by Gasteiger charge is -2.36. The lowest BCUT2D eigenvalue weighted by molar-refractivity contribution is 0.0253. The average molecular weight is 423 g/mol. The van der Waals surface area contributed by atoms with Crippen LogP contribution in [0.5, 0.6) is 0 Å². The van der Waals surface area contributed by atoms with Crippen molar-refractivity contribution in [3.63, 3.8) is 0 Å². The molecular formula is C21H38N6O3. The Morgan fingerprint density at radius 3 is 2.53 bits per heavy atom. The molecule has 1 aromatic rings. The highest BCUT2D eigenvalue weighted by molar-refractivity contribution is 5.80. The topological polar surface area (TPSA) is 86.4 Å². The molecule has 1 amide bonds. The van der Waals surface area contributed by atoms with E-state index in [0.717, 1.165) is 56.6 Å². The van der Waals surface area contributed by atoms with Crippen molar-refractivity contribution >= 4 is 12.1 Å². The molecule has 170 valence electrons. The number of rotatable bonds is 7. The molecule has 2 rings (SSSR count). The second kappa shape index (κ2) is 11.2. The summed E-state index contributed by atoms with van der Waals surface area (Å²) in [5, 5.41) is 7.47. The van der Waals surface area contributed by atoms with Crippen LogP contribution in [0.15, 0.2) is 15.6 Å². The highest BCUT2D eigenvalue weighted by Gasteiger charge is 2.23. The van der Waals surface area contributed by atoms with Gasteiger partial charge < -0.3 is 24.4 Å². The van der Waals surface area contributed by atoms with Gasteiger partial charge in [0.1, 0.15) is 11.4 Å². The van der Waals surface area contributed by atoms with E-state index < -0.39 is 5.60 Å². The molecular weight excluding hydrogens is 384 g/mol. The monoisotopic (exact) mass is 422 g/mol. The zero-order valence-electron chi connectivity index (χ0n) is 19.4. The van der Waals surface area contributed by atoms with Crippen molar-refractivity contribution in [3.05, 3.63) is 17.5 Å². The molecule has 1 saturated heterocycles. The number of ether oxygens (including phenoxy) is 1. The molecule has 0 bridgehead atoms. The molecule has 1 aromatic heterocycles. The van der Waals surface area contributed by atoms with Gasteiger partial charge in [0, 0.05) is 65.5 Å². The van der Waals surface area contributed by atoms with Crippen molar-refractivity contribution in [3.8, 4) is 0 Å². The predicted octanol–water partition coefficient (Wildman–Crippen LogP) is 2.32. The Kier molecular flexibility index (Phi) is 8.95. The van der Waals surface area contributed by atoms with Gasteiger partial charge in [0.05, 0.1) is 5.69 Å². The molecule has 2 heterocycles. The van der Waals surface area contributed by atoms with Gasteiger partial charge in [0.25, 0.3) is 0 Å². The third kappa shape index (κ3) is 7.85. The maximum atomic E-state index is 12.4. The molecule has 1 N–H and O–H groups in total. The van der Waals surface area contributed by atoms with Crippen molar-refractivity contribution in [1.82, 2.24) is 25.2 Å². The number of carbonyl (C=O) groups is 1. The van der Waals surface area contributed by atoms with Crippen molar-refractivity contribution in [2.45, 2.75) is 53.2 Å². The molecule has 0 radical (unpaired) electrons. The summed E-state index contributed by atoms with van der Waals surface area (Å²) in [5.41, 5.74) is 0.485. The van der Waals surface area contributed by atoms with E-state index in [1.165, 1.54) is 0 Å². The molecule has 1 aliphatic rings. The number of amides is 1. The van der Waals surface area contributed by atoms with Crippen LogP contribution in [0, 0.1) is 6.92 Å².